The summed E-state index contributed by atoms with van der Waals surface area (Å²) in [6.45, 7) is 5.39. The molecule has 0 saturated heterocycles. The van der Waals surface area contributed by atoms with Crippen LogP contribution in [0.4, 0.5) is 5.69 Å². The highest BCUT2D eigenvalue weighted by molar-refractivity contribution is 5.99. The molecule has 0 amide bonds. The minimum Gasteiger partial charge on any atom is -0.369 e. The zero-order valence-electron chi connectivity index (χ0n) is 12.6. The first-order valence-electron chi connectivity index (χ1n) is 7.78. The summed E-state index contributed by atoms with van der Waals surface area (Å²) < 4.78 is 0. The molecule has 0 radical (unpaired) electrons. The van der Waals surface area contributed by atoms with Gasteiger partial charge in [-0.25, -0.2) is 0 Å². The average molecular weight is 271 g/mol. The summed E-state index contributed by atoms with van der Waals surface area (Å²) in [5.41, 5.74) is 8.89. The topological polar surface area (TPSA) is 41.6 Å². The van der Waals surface area contributed by atoms with E-state index in [0.717, 1.165) is 12.5 Å². The second kappa shape index (κ2) is 5.12. The fourth-order valence-electron chi connectivity index (χ4n) is 3.75. The Morgan fingerprint density at radius 1 is 1.25 bits per heavy atom. The Balaban J connectivity index is 1.98. The quantitative estimate of drug-likeness (QED) is 0.849. The fraction of sp³-hybridized carbons (Fsp3) is 0.588. The van der Waals surface area contributed by atoms with Crippen LogP contribution in [0.15, 0.2) is 29.3 Å². The van der Waals surface area contributed by atoms with Gasteiger partial charge in [0.2, 0.25) is 0 Å². The molecule has 1 aromatic carbocycles. The number of aliphatic imine (C=N–C) groups is 1. The lowest BCUT2D eigenvalue weighted by atomic mass is 9.88. The van der Waals surface area contributed by atoms with E-state index >= 15 is 0 Å². The SMILES string of the molecule is Cc1ccccc1N1C(N)=NCC12CCCC(C)CC2. The molecule has 20 heavy (non-hydrogen) atoms. The van der Waals surface area contributed by atoms with Crippen molar-refractivity contribution in [1.82, 2.24) is 0 Å². The van der Waals surface area contributed by atoms with E-state index in [9.17, 15) is 0 Å². The van der Waals surface area contributed by atoms with Crippen LogP contribution in [0, 0.1) is 12.8 Å². The molecule has 1 fully saturated rings. The third-order valence-corrected chi connectivity index (χ3v) is 5.04. The van der Waals surface area contributed by atoms with Gasteiger partial charge < -0.3 is 10.6 Å². The third kappa shape index (κ3) is 2.19. The average Bonchev–Trinajstić information content (AvgIpc) is 2.62. The van der Waals surface area contributed by atoms with Crippen molar-refractivity contribution in [2.45, 2.75) is 51.5 Å². The second-order valence-corrected chi connectivity index (χ2v) is 6.56. The van der Waals surface area contributed by atoms with Crippen molar-refractivity contribution in [3.8, 4) is 0 Å². The van der Waals surface area contributed by atoms with E-state index in [-0.39, 0.29) is 5.54 Å². The molecule has 1 aliphatic heterocycles. The van der Waals surface area contributed by atoms with Gasteiger partial charge in [0.15, 0.2) is 5.96 Å². The van der Waals surface area contributed by atoms with Crippen LogP contribution in [0.5, 0.6) is 0 Å². The number of guanidine groups is 1. The van der Waals surface area contributed by atoms with E-state index in [0.29, 0.717) is 5.96 Å². The fourth-order valence-corrected chi connectivity index (χ4v) is 3.75. The van der Waals surface area contributed by atoms with Gasteiger partial charge in [0.1, 0.15) is 0 Å². The number of anilines is 1. The molecule has 2 unspecified atom stereocenters. The molecule has 2 N–H and O–H groups in total. The number of nitrogens with two attached hydrogens (primary N) is 1. The molecule has 1 aromatic rings. The molecule has 3 heteroatoms. The standard InChI is InChI=1S/C17H25N3/c1-13-6-5-10-17(11-9-13)12-19-16(18)20(17)15-8-4-3-7-14(15)2/h3-4,7-8,13H,5-6,9-12H2,1-2H3,(H2,18,19). The van der Waals surface area contributed by atoms with Gasteiger partial charge in [-0.05, 0) is 43.7 Å². The lowest BCUT2D eigenvalue weighted by Gasteiger charge is -2.39. The number of aryl methyl sites for hydroxylation is 1. The third-order valence-electron chi connectivity index (χ3n) is 5.04. The van der Waals surface area contributed by atoms with E-state index in [2.05, 4.69) is 48.0 Å². The lowest BCUT2D eigenvalue weighted by molar-refractivity contribution is 0.392. The smallest absolute Gasteiger partial charge is 0.196 e. The molecular weight excluding hydrogens is 246 g/mol. The van der Waals surface area contributed by atoms with Crippen molar-refractivity contribution in [1.29, 1.82) is 0 Å². The first-order valence-corrected chi connectivity index (χ1v) is 7.78. The Labute approximate surface area is 121 Å². The zero-order valence-corrected chi connectivity index (χ0v) is 12.6. The molecule has 1 spiro atoms. The summed E-state index contributed by atoms with van der Waals surface area (Å²) in [6, 6.07) is 8.53. The Morgan fingerprint density at radius 3 is 2.85 bits per heavy atom. The van der Waals surface area contributed by atoms with Crippen molar-refractivity contribution >= 4 is 11.6 Å². The van der Waals surface area contributed by atoms with Crippen LogP contribution in [0.25, 0.3) is 0 Å². The van der Waals surface area contributed by atoms with Gasteiger partial charge in [-0.2, -0.15) is 0 Å². The minimum absolute atomic E-state index is 0.126. The molecule has 0 aromatic heterocycles. The van der Waals surface area contributed by atoms with Crippen LogP contribution >= 0.6 is 0 Å². The van der Waals surface area contributed by atoms with Crippen molar-refractivity contribution in [3.05, 3.63) is 29.8 Å². The normalized spacial score (nSPS) is 30.4. The summed E-state index contributed by atoms with van der Waals surface area (Å²) in [7, 11) is 0. The Bertz CT molecular complexity index is 523. The predicted octanol–water partition coefficient (Wildman–Crippen LogP) is 3.47. The molecule has 1 heterocycles. The molecule has 1 saturated carbocycles. The number of hydrogen-bond donors (Lipinski definition) is 1. The van der Waals surface area contributed by atoms with Gasteiger partial charge in [-0.3, -0.25) is 4.99 Å². The van der Waals surface area contributed by atoms with Crippen molar-refractivity contribution in [3.63, 3.8) is 0 Å². The first kappa shape index (κ1) is 13.5. The first-order chi connectivity index (χ1) is 9.62. The molecule has 2 aliphatic rings. The maximum absolute atomic E-state index is 6.25. The molecule has 2 atom stereocenters. The molecular formula is C17H25N3. The van der Waals surface area contributed by atoms with Crippen LogP contribution in [0.3, 0.4) is 0 Å². The Morgan fingerprint density at radius 2 is 2.05 bits per heavy atom. The summed E-state index contributed by atoms with van der Waals surface area (Å²) in [5.74, 6) is 1.53. The van der Waals surface area contributed by atoms with E-state index in [1.54, 1.807) is 0 Å². The van der Waals surface area contributed by atoms with Gasteiger partial charge in [0.05, 0.1) is 12.1 Å². The lowest BCUT2D eigenvalue weighted by Crippen LogP contribution is -2.52. The van der Waals surface area contributed by atoms with Crippen molar-refractivity contribution in [2.24, 2.45) is 16.6 Å². The van der Waals surface area contributed by atoms with Crippen LogP contribution in [-0.4, -0.2) is 18.0 Å². The van der Waals surface area contributed by atoms with E-state index < -0.39 is 0 Å². The number of hydrogen-bond acceptors (Lipinski definition) is 3. The number of benzene rings is 1. The highest BCUT2D eigenvalue weighted by Crippen LogP contribution is 2.41. The van der Waals surface area contributed by atoms with Gasteiger partial charge in [-0.15, -0.1) is 0 Å². The van der Waals surface area contributed by atoms with Crippen LogP contribution in [-0.2, 0) is 0 Å². The summed E-state index contributed by atoms with van der Waals surface area (Å²) in [6.07, 6.45) is 6.31. The van der Waals surface area contributed by atoms with Crippen LogP contribution in [0.2, 0.25) is 0 Å². The Hall–Kier alpha value is -1.51. The van der Waals surface area contributed by atoms with Gasteiger partial charge in [-0.1, -0.05) is 38.0 Å². The number of para-hydroxylation sites is 1. The maximum Gasteiger partial charge on any atom is 0.196 e. The van der Waals surface area contributed by atoms with Crippen LogP contribution < -0.4 is 10.6 Å². The molecule has 3 rings (SSSR count). The van der Waals surface area contributed by atoms with Crippen LogP contribution in [0.1, 0.15) is 44.6 Å². The summed E-state index contributed by atoms with van der Waals surface area (Å²) in [4.78, 5) is 6.93. The maximum atomic E-state index is 6.25. The van der Waals surface area contributed by atoms with Gasteiger partial charge in [0.25, 0.3) is 0 Å². The molecule has 0 bridgehead atoms. The molecule has 1 aliphatic carbocycles. The van der Waals surface area contributed by atoms with Gasteiger partial charge in [0, 0.05) is 5.69 Å². The Kier molecular flexibility index (Phi) is 3.45. The predicted molar refractivity (Wildman–Crippen MR) is 85.1 cm³/mol. The van der Waals surface area contributed by atoms with Crippen molar-refractivity contribution in [2.75, 3.05) is 11.4 Å². The highest BCUT2D eigenvalue weighted by atomic mass is 15.4. The van der Waals surface area contributed by atoms with E-state index in [4.69, 9.17) is 5.73 Å². The van der Waals surface area contributed by atoms with E-state index in [1.807, 2.05) is 0 Å². The molecule has 3 nitrogen and oxygen atoms in total. The van der Waals surface area contributed by atoms with Gasteiger partial charge >= 0.3 is 0 Å². The highest BCUT2D eigenvalue weighted by Gasteiger charge is 2.43. The zero-order chi connectivity index (χ0) is 14.2. The number of nitrogens with zero attached hydrogens (tertiary/aromatic N) is 2. The monoisotopic (exact) mass is 271 g/mol. The number of rotatable bonds is 1. The second-order valence-electron chi connectivity index (χ2n) is 6.56. The minimum atomic E-state index is 0.126. The molecule has 108 valence electrons. The van der Waals surface area contributed by atoms with E-state index in [1.165, 1.54) is 43.4 Å². The summed E-state index contributed by atoms with van der Waals surface area (Å²) in [5, 5.41) is 0. The van der Waals surface area contributed by atoms with Crippen molar-refractivity contribution < 1.29 is 0 Å². The largest absolute Gasteiger partial charge is 0.369 e. The summed E-state index contributed by atoms with van der Waals surface area (Å²) >= 11 is 0.